The zero-order valence-corrected chi connectivity index (χ0v) is 17.3. The van der Waals surface area contributed by atoms with Crippen molar-refractivity contribution < 1.29 is 9.18 Å². The number of nitrogens with zero attached hydrogens (tertiary/aromatic N) is 3. The van der Waals surface area contributed by atoms with Crippen molar-refractivity contribution in [1.29, 1.82) is 0 Å². The molecule has 8 heteroatoms. The highest BCUT2D eigenvalue weighted by atomic mass is 32.2. The molecule has 0 unspecified atom stereocenters. The van der Waals surface area contributed by atoms with Gasteiger partial charge in [-0.15, -0.1) is 10.2 Å². The van der Waals surface area contributed by atoms with Crippen LogP contribution in [0.2, 0.25) is 0 Å². The first kappa shape index (κ1) is 19.4. The number of fused-ring (bicyclic) bond motifs is 1. The lowest BCUT2D eigenvalue weighted by atomic mass is 10.0. The average molecular weight is 412 g/mol. The Hall–Kier alpha value is -2.87. The Balaban J connectivity index is 1.67. The summed E-state index contributed by atoms with van der Waals surface area (Å²) >= 11 is 1.36. The van der Waals surface area contributed by atoms with E-state index in [1.54, 1.807) is 12.1 Å². The Bertz CT molecular complexity index is 1050. The average Bonchev–Trinajstić information content (AvgIpc) is 3.12. The van der Waals surface area contributed by atoms with E-state index in [4.69, 9.17) is 0 Å². The number of amides is 1. The first-order valence-electron chi connectivity index (χ1n) is 9.47. The number of thioether (sulfide) groups is 1. The molecule has 1 aromatic heterocycles. The molecule has 6 nitrogen and oxygen atoms in total. The van der Waals surface area contributed by atoms with Crippen LogP contribution in [0.15, 0.2) is 47.6 Å². The molecule has 150 valence electrons. The summed E-state index contributed by atoms with van der Waals surface area (Å²) in [6.45, 7) is 5.98. The number of nitrogens with one attached hydrogen (secondary N) is 2. The molecular formula is C21H22FN5OS. The Morgan fingerprint density at radius 1 is 1.21 bits per heavy atom. The Labute approximate surface area is 172 Å². The lowest BCUT2D eigenvalue weighted by molar-refractivity contribution is -0.116. The summed E-state index contributed by atoms with van der Waals surface area (Å²) in [6, 6.07) is 11.8. The number of carbonyl (C=O) groups is 1. The van der Waals surface area contributed by atoms with E-state index in [0.717, 1.165) is 28.2 Å². The van der Waals surface area contributed by atoms with Gasteiger partial charge in [-0.3, -0.25) is 4.79 Å². The number of carbonyl (C=O) groups excluding carboxylic acids is 1. The third kappa shape index (κ3) is 3.85. The number of halogens is 1. The number of rotatable bonds is 4. The van der Waals surface area contributed by atoms with Crippen LogP contribution in [0, 0.1) is 19.7 Å². The topological polar surface area (TPSA) is 71.8 Å². The first-order chi connectivity index (χ1) is 14.0. The van der Waals surface area contributed by atoms with E-state index in [0.29, 0.717) is 11.6 Å². The van der Waals surface area contributed by atoms with Crippen molar-refractivity contribution in [2.24, 2.45) is 0 Å². The maximum atomic E-state index is 13.5. The van der Waals surface area contributed by atoms with Gasteiger partial charge in [0.2, 0.25) is 11.1 Å². The van der Waals surface area contributed by atoms with Crippen LogP contribution in [0.5, 0.6) is 0 Å². The highest BCUT2D eigenvalue weighted by molar-refractivity contribution is 8.00. The molecule has 0 saturated carbocycles. The summed E-state index contributed by atoms with van der Waals surface area (Å²) < 4.78 is 15.3. The lowest BCUT2D eigenvalue weighted by Gasteiger charge is -2.33. The molecule has 1 aliphatic rings. The van der Waals surface area contributed by atoms with E-state index >= 15 is 0 Å². The van der Waals surface area contributed by atoms with Gasteiger partial charge in [-0.2, -0.15) is 0 Å². The summed E-state index contributed by atoms with van der Waals surface area (Å²) in [5, 5.41) is 11.6. The fourth-order valence-corrected chi connectivity index (χ4v) is 4.50. The molecule has 0 radical (unpaired) electrons. The van der Waals surface area contributed by atoms with Gasteiger partial charge in [0.05, 0.1) is 6.04 Å². The molecule has 1 amide bonds. The predicted octanol–water partition coefficient (Wildman–Crippen LogP) is 3.99. The summed E-state index contributed by atoms with van der Waals surface area (Å²) in [5.41, 5.74) is 7.10. The van der Waals surface area contributed by atoms with Gasteiger partial charge >= 0.3 is 0 Å². The van der Waals surface area contributed by atoms with Crippen molar-refractivity contribution in [3.8, 4) is 0 Å². The van der Waals surface area contributed by atoms with Crippen LogP contribution in [0.25, 0.3) is 0 Å². The van der Waals surface area contributed by atoms with Crippen LogP contribution in [0.1, 0.15) is 35.5 Å². The molecule has 0 fully saturated rings. The molecule has 2 aromatic carbocycles. The fraction of sp³-hybridized carbons (Fsp3) is 0.286. The van der Waals surface area contributed by atoms with Crippen LogP contribution >= 0.6 is 11.8 Å². The monoisotopic (exact) mass is 411 g/mol. The zero-order chi connectivity index (χ0) is 20.5. The largest absolute Gasteiger partial charge is 0.325 e. The van der Waals surface area contributed by atoms with E-state index in [1.165, 1.54) is 23.9 Å². The first-order valence-corrected chi connectivity index (χ1v) is 10.4. The summed E-state index contributed by atoms with van der Waals surface area (Å²) in [5.74, 6) is 0.330. The number of aryl methyl sites for hydroxylation is 3. The molecule has 0 spiro atoms. The third-order valence-corrected chi connectivity index (χ3v) is 6.16. The molecule has 0 aliphatic carbocycles. The van der Waals surface area contributed by atoms with Gasteiger partial charge in [-0.25, -0.2) is 9.07 Å². The molecular weight excluding hydrogens is 389 g/mol. The predicted molar refractivity (Wildman–Crippen MR) is 112 cm³/mol. The minimum Gasteiger partial charge on any atom is -0.325 e. The molecule has 3 aromatic rings. The normalized spacial score (nSPS) is 18.1. The highest BCUT2D eigenvalue weighted by Crippen LogP contribution is 2.37. The minimum absolute atomic E-state index is 0.143. The Morgan fingerprint density at radius 2 is 1.97 bits per heavy atom. The number of benzene rings is 2. The van der Waals surface area contributed by atoms with Crippen LogP contribution in [-0.4, -0.2) is 26.0 Å². The van der Waals surface area contributed by atoms with Crippen molar-refractivity contribution in [2.45, 2.75) is 43.6 Å². The number of hydrogen-bond donors (Lipinski definition) is 2. The molecule has 0 saturated heterocycles. The van der Waals surface area contributed by atoms with E-state index in [-0.39, 0.29) is 17.8 Å². The maximum Gasteiger partial charge on any atom is 0.240 e. The van der Waals surface area contributed by atoms with Gasteiger partial charge in [-0.1, -0.05) is 48.5 Å². The van der Waals surface area contributed by atoms with E-state index in [9.17, 15) is 9.18 Å². The second-order valence-electron chi connectivity index (χ2n) is 7.09. The molecule has 2 N–H and O–H groups in total. The Morgan fingerprint density at radius 3 is 2.66 bits per heavy atom. The fourth-order valence-electron chi connectivity index (χ4n) is 3.41. The summed E-state index contributed by atoms with van der Waals surface area (Å²) in [7, 11) is 0. The van der Waals surface area contributed by atoms with Gasteiger partial charge in [0.15, 0.2) is 5.82 Å². The Kier molecular flexibility index (Phi) is 5.27. The molecule has 1 aliphatic heterocycles. The quantitative estimate of drug-likeness (QED) is 0.679. The lowest BCUT2D eigenvalue weighted by Crippen LogP contribution is -2.41. The SMILES string of the molecule is CCc1nnc2n1N[C@@H](c1ccc(F)cc1)[C@@H](C(=O)Nc1ccc(C)cc1C)S2. The van der Waals surface area contributed by atoms with Gasteiger partial charge in [0, 0.05) is 12.1 Å². The van der Waals surface area contributed by atoms with Crippen molar-refractivity contribution in [3.05, 3.63) is 70.8 Å². The number of anilines is 1. The maximum absolute atomic E-state index is 13.5. The minimum atomic E-state index is -0.498. The van der Waals surface area contributed by atoms with Gasteiger partial charge in [0.25, 0.3) is 0 Å². The summed E-state index contributed by atoms with van der Waals surface area (Å²) in [6.07, 6.45) is 0.704. The second-order valence-corrected chi connectivity index (χ2v) is 8.20. The third-order valence-electron chi connectivity index (χ3n) is 4.95. The van der Waals surface area contributed by atoms with Crippen molar-refractivity contribution in [1.82, 2.24) is 14.9 Å². The smallest absolute Gasteiger partial charge is 0.240 e. The van der Waals surface area contributed by atoms with Gasteiger partial charge in [-0.05, 0) is 43.2 Å². The highest BCUT2D eigenvalue weighted by Gasteiger charge is 2.37. The molecule has 29 heavy (non-hydrogen) atoms. The molecule has 2 atom stereocenters. The van der Waals surface area contributed by atoms with Crippen LogP contribution < -0.4 is 10.7 Å². The van der Waals surface area contributed by atoms with Crippen LogP contribution in [0.3, 0.4) is 0 Å². The van der Waals surface area contributed by atoms with Crippen molar-refractivity contribution >= 4 is 23.4 Å². The molecule has 4 rings (SSSR count). The standard InChI is InChI=1S/C21H22FN5OS/c1-4-17-24-25-21-27(17)26-18(14-6-8-15(22)9-7-14)19(29-21)20(28)23-16-10-5-12(2)11-13(16)3/h5-11,18-19,26H,4H2,1-3H3,(H,23,28)/t18-,19-/m0/s1. The van der Waals surface area contributed by atoms with E-state index in [1.807, 2.05) is 43.6 Å². The number of hydrogen-bond acceptors (Lipinski definition) is 5. The van der Waals surface area contributed by atoms with Crippen LogP contribution in [0.4, 0.5) is 10.1 Å². The summed E-state index contributed by atoms with van der Waals surface area (Å²) in [4.78, 5) is 13.2. The van der Waals surface area contributed by atoms with E-state index in [2.05, 4.69) is 20.9 Å². The van der Waals surface area contributed by atoms with Gasteiger partial charge in [0.1, 0.15) is 11.1 Å². The zero-order valence-electron chi connectivity index (χ0n) is 16.4. The van der Waals surface area contributed by atoms with Crippen molar-refractivity contribution in [3.63, 3.8) is 0 Å². The van der Waals surface area contributed by atoms with Crippen molar-refractivity contribution in [2.75, 3.05) is 10.7 Å². The van der Waals surface area contributed by atoms with E-state index < -0.39 is 5.25 Å². The molecule has 2 heterocycles. The molecule has 0 bridgehead atoms. The van der Waals surface area contributed by atoms with Crippen LogP contribution in [-0.2, 0) is 11.2 Å². The second kappa shape index (κ2) is 7.87. The number of aromatic nitrogens is 3. The van der Waals surface area contributed by atoms with Gasteiger partial charge < -0.3 is 10.7 Å².